The van der Waals surface area contributed by atoms with Crippen LogP contribution in [0.15, 0.2) is 0 Å². The predicted molar refractivity (Wildman–Crippen MR) is 109 cm³/mol. The summed E-state index contributed by atoms with van der Waals surface area (Å²) in [6, 6.07) is 0. The normalized spacial score (nSPS) is 15.5. The minimum Gasteiger partial charge on any atom is -0.375 e. The van der Waals surface area contributed by atoms with Crippen LogP contribution in [0.1, 0.15) is 66.2 Å². The monoisotopic (exact) mass is 446 g/mol. The van der Waals surface area contributed by atoms with Crippen LogP contribution in [0.2, 0.25) is 0 Å². The van der Waals surface area contributed by atoms with Crippen molar-refractivity contribution in [3.05, 3.63) is 0 Å². The Morgan fingerprint density at radius 2 is 1.14 bits per heavy atom. The maximum atomic E-state index is 11.0. The molecule has 0 fully saturated rings. The van der Waals surface area contributed by atoms with Crippen molar-refractivity contribution in [1.82, 2.24) is 0 Å². The molecule has 0 aliphatic heterocycles. The fourth-order valence-corrected chi connectivity index (χ4v) is 3.35. The van der Waals surface area contributed by atoms with Gasteiger partial charge in [0, 0.05) is 13.2 Å². The van der Waals surface area contributed by atoms with Crippen molar-refractivity contribution in [2.24, 2.45) is 0 Å². The first kappa shape index (κ1) is 27.7. The second-order valence-electron chi connectivity index (χ2n) is 7.87. The number of ether oxygens (including phenoxy) is 2. The van der Waals surface area contributed by atoms with E-state index in [4.69, 9.17) is 13.7 Å². The standard InChI is InChI=1S/C18H38O8S2/c1-7-18(4,12-9-15-25-27(5,19)20)24-13-8-11-17(2,3)23-14-10-16-26-28(6,21)22/h7-16H2,1-6H3. The highest BCUT2D eigenvalue weighted by atomic mass is 32.2. The van der Waals surface area contributed by atoms with Crippen molar-refractivity contribution in [3.8, 4) is 0 Å². The molecule has 0 heterocycles. The molecule has 10 heteroatoms. The van der Waals surface area contributed by atoms with Gasteiger partial charge >= 0.3 is 0 Å². The van der Waals surface area contributed by atoms with Gasteiger partial charge in [-0.05, 0) is 59.3 Å². The molecule has 0 aliphatic rings. The maximum Gasteiger partial charge on any atom is 0.264 e. The number of hydrogen-bond acceptors (Lipinski definition) is 8. The lowest BCUT2D eigenvalue weighted by Gasteiger charge is -2.30. The topological polar surface area (TPSA) is 105 Å². The van der Waals surface area contributed by atoms with Gasteiger partial charge in [0.1, 0.15) is 0 Å². The minimum atomic E-state index is -3.40. The molecule has 0 radical (unpaired) electrons. The largest absolute Gasteiger partial charge is 0.375 e. The molecule has 0 rings (SSSR count). The Morgan fingerprint density at radius 3 is 1.64 bits per heavy atom. The van der Waals surface area contributed by atoms with Crippen molar-refractivity contribution in [1.29, 1.82) is 0 Å². The SMILES string of the molecule is CCC(C)(CCCOS(C)(=O)=O)OCCCC(C)(C)OCCCOS(C)(=O)=O. The molecule has 0 saturated heterocycles. The Hall–Kier alpha value is -0.260. The van der Waals surface area contributed by atoms with E-state index in [1.165, 1.54) is 0 Å². The fraction of sp³-hybridized carbons (Fsp3) is 1.00. The van der Waals surface area contributed by atoms with Gasteiger partial charge in [-0.3, -0.25) is 8.37 Å². The molecule has 0 amide bonds. The number of hydrogen-bond donors (Lipinski definition) is 0. The average molecular weight is 447 g/mol. The van der Waals surface area contributed by atoms with Gasteiger partial charge < -0.3 is 9.47 Å². The highest BCUT2D eigenvalue weighted by molar-refractivity contribution is 7.86. The Kier molecular flexibility index (Phi) is 12.3. The zero-order chi connectivity index (χ0) is 21.9. The van der Waals surface area contributed by atoms with Crippen LogP contribution < -0.4 is 0 Å². The van der Waals surface area contributed by atoms with Crippen molar-refractivity contribution in [2.45, 2.75) is 77.4 Å². The summed E-state index contributed by atoms with van der Waals surface area (Å²) in [4.78, 5) is 0. The molecule has 28 heavy (non-hydrogen) atoms. The van der Waals surface area contributed by atoms with Crippen LogP contribution in [-0.2, 0) is 38.1 Å². The van der Waals surface area contributed by atoms with E-state index in [0.29, 0.717) is 26.1 Å². The Bertz CT molecular complexity index is 628. The molecule has 0 N–H and O–H groups in total. The van der Waals surface area contributed by atoms with Gasteiger partial charge in [0.25, 0.3) is 20.2 Å². The predicted octanol–water partition coefficient (Wildman–Crippen LogP) is 2.87. The van der Waals surface area contributed by atoms with Crippen LogP contribution in [0.25, 0.3) is 0 Å². The molecule has 0 aromatic heterocycles. The minimum absolute atomic E-state index is 0.121. The summed E-state index contributed by atoms with van der Waals surface area (Å²) in [6.45, 7) is 9.35. The van der Waals surface area contributed by atoms with E-state index in [0.717, 1.165) is 38.2 Å². The first-order valence-corrected chi connectivity index (χ1v) is 13.3. The van der Waals surface area contributed by atoms with Gasteiger partial charge in [0.15, 0.2) is 0 Å². The van der Waals surface area contributed by atoms with Crippen LogP contribution in [-0.4, -0.2) is 67.0 Å². The fourth-order valence-electron chi connectivity index (χ4n) is 2.51. The smallest absolute Gasteiger partial charge is 0.264 e. The quantitative estimate of drug-likeness (QED) is 0.248. The van der Waals surface area contributed by atoms with E-state index in [1.807, 2.05) is 27.7 Å². The van der Waals surface area contributed by atoms with Crippen LogP contribution in [0.3, 0.4) is 0 Å². The third-order valence-corrected chi connectivity index (χ3v) is 5.54. The molecule has 0 bridgehead atoms. The van der Waals surface area contributed by atoms with Gasteiger partial charge in [-0.2, -0.15) is 16.8 Å². The first-order chi connectivity index (χ1) is 12.7. The second-order valence-corrected chi connectivity index (χ2v) is 11.2. The van der Waals surface area contributed by atoms with E-state index in [-0.39, 0.29) is 24.4 Å². The molecule has 1 unspecified atom stereocenters. The molecule has 0 saturated carbocycles. The van der Waals surface area contributed by atoms with Crippen molar-refractivity contribution in [2.75, 3.05) is 38.9 Å². The molecule has 8 nitrogen and oxygen atoms in total. The Labute approximate surface area is 171 Å². The summed E-state index contributed by atoms with van der Waals surface area (Å²) in [5, 5.41) is 0. The number of rotatable bonds is 17. The molecule has 1 atom stereocenters. The summed E-state index contributed by atoms with van der Waals surface area (Å²) >= 11 is 0. The van der Waals surface area contributed by atoms with E-state index >= 15 is 0 Å². The Morgan fingerprint density at radius 1 is 0.679 bits per heavy atom. The molecule has 0 spiro atoms. The lowest BCUT2D eigenvalue weighted by Crippen LogP contribution is -2.30. The molecular weight excluding hydrogens is 408 g/mol. The summed E-state index contributed by atoms with van der Waals surface area (Å²) in [7, 11) is -6.80. The van der Waals surface area contributed by atoms with Gasteiger partial charge in [-0.15, -0.1) is 0 Å². The van der Waals surface area contributed by atoms with Crippen LogP contribution >= 0.6 is 0 Å². The highest BCUT2D eigenvalue weighted by Gasteiger charge is 2.24. The van der Waals surface area contributed by atoms with Gasteiger partial charge in [0.05, 0.1) is 36.9 Å². The summed E-state index contributed by atoms with van der Waals surface area (Å²) in [6.07, 6.45) is 6.37. The molecule has 0 aliphatic carbocycles. The maximum absolute atomic E-state index is 11.0. The third-order valence-electron chi connectivity index (χ3n) is 4.35. The average Bonchev–Trinajstić information content (AvgIpc) is 2.53. The lowest BCUT2D eigenvalue weighted by atomic mass is 9.96. The Balaban J connectivity index is 4.03. The van der Waals surface area contributed by atoms with E-state index in [1.54, 1.807) is 0 Å². The van der Waals surface area contributed by atoms with Crippen LogP contribution in [0.5, 0.6) is 0 Å². The van der Waals surface area contributed by atoms with Crippen molar-refractivity contribution >= 4 is 20.2 Å². The van der Waals surface area contributed by atoms with E-state index in [2.05, 4.69) is 4.18 Å². The highest BCUT2D eigenvalue weighted by Crippen LogP contribution is 2.24. The van der Waals surface area contributed by atoms with Crippen molar-refractivity contribution in [3.63, 3.8) is 0 Å². The third kappa shape index (κ3) is 16.7. The van der Waals surface area contributed by atoms with Crippen LogP contribution in [0.4, 0.5) is 0 Å². The first-order valence-electron chi connectivity index (χ1n) is 9.65. The van der Waals surface area contributed by atoms with Crippen LogP contribution in [0, 0.1) is 0 Å². The van der Waals surface area contributed by atoms with Crippen molar-refractivity contribution < 1.29 is 34.7 Å². The molecule has 0 aromatic carbocycles. The zero-order valence-corrected chi connectivity index (χ0v) is 19.8. The summed E-state index contributed by atoms with van der Waals surface area (Å²) in [5.41, 5.74) is -0.644. The zero-order valence-electron chi connectivity index (χ0n) is 18.2. The molecule has 170 valence electrons. The van der Waals surface area contributed by atoms with E-state index < -0.39 is 20.2 Å². The van der Waals surface area contributed by atoms with Gasteiger partial charge in [-0.1, -0.05) is 6.92 Å². The molecular formula is C18H38O8S2. The van der Waals surface area contributed by atoms with Gasteiger partial charge in [0.2, 0.25) is 0 Å². The van der Waals surface area contributed by atoms with Gasteiger partial charge in [-0.25, -0.2) is 0 Å². The summed E-state index contributed by atoms with van der Waals surface area (Å²) < 4.78 is 65.1. The van der Waals surface area contributed by atoms with E-state index in [9.17, 15) is 16.8 Å². The summed E-state index contributed by atoms with van der Waals surface area (Å²) in [5.74, 6) is 0. The lowest BCUT2D eigenvalue weighted by molar-refractivity contribution is -0.0621. The molecule has 0 aromatic rings. The second kappa shape index (κ2) is 12.4.